The van der Waals surface area contributed by atoms with Crippen molar-refractivity contribution in [3.05, 3.63) is 94.7 Å². The molecule has 1 amide bonds. The van der Waals surface area contributed by atoms with Crippen molar-refractivity contribution in [2.24, 2.45) is 0 Å². The molecule has 3 heterocycles. The molecule has 9 nitrogen and oxygen atoms in total. The Morgan fingerprint density at radius 3 is 2.64 bits per heavy atom. The van der Waals surface area contributed by atoms with Crippen LogP contribution in [0.15, 0.2) is 77.9 Å². The molecule has 33 heavy (non-hydrogen) atoms. The summed E-state index contributed by atoms with van der Waals surface area (Å²) < 4.78 is 3.02. The number of pyridine rings is 1. The van der Waals surface area contributed by atoms with E-state index in [1.54, 1.807) is 42.1 Å². The molecule has 9 heteroatoms. The minimum atomic E-state index is -0.547. The summed E-state index contributed by atoms with van der Waals surface area (Å²) in [5.74, 6) is -0.362. The van der Waals surface area contributed by atoms with Crippen LogP contribution >= 0.6 is 0 Å². The third-order valence-electron chi connectivity index (χ3n) is 5.56. The summed E-state index contributed by atoms with van der Waals surface area (Å²) in [6.45, 7) is 1.81. The first kappa shape index (κ1) is 20.3. The molecule has 164 valence electrons. The van der Waals surface area contributed by atoms with Crippen LogP contribution in [0.5, 0.6) is 0 Å². The molecular weight excluding hydrogens is 418 g/mol. The maximum atomic E-state index is 13.5. The van der Waals surface area contributed by atoms with Gasteiger partial charge in [0.05, 0.1) is 11.4 Å². The van der Waals surface area contributed by atoms with Crippen LogP contribution in [0.3, 0.4) is 0 Å². The number of nitrogens with one attached hydrogen (secondary N) is 1. The summed E-state index contributed by atoms with van der Waals surface area (Å²) in [6.07, 6.45) is 3.23. The van der Waals surface area contributed by atoms with Crippen LogP contribution in [0.4, 0.5) is 11.5 Å². The molecule has 0 saturated heterocycles. The van der Waals surface area contributed by atoms with E-state index in [-0.39, 0.29) is 16.9 Å². The summed E-state index contributed by atoms with van der Waals surface area (Å²) in [6, 6.07) is 17.6. The quantitative estimate of drug-likeness (QED) is 0.369. The lowest BCUT2D eigenvalue weighted by molar-refractivity contribution is 0.0941. The number of hydrogen-bond donors (Lipinski definition) is 3. The Balaban J connectivity index is 1.64. The van der Waals surface area contributed by atoms with Crippen LogP contribution < -0.4 is 22.3 Å². The number of fused-ring (bicyclic) bond motifs is 2. The normalized spacial score (nSPS) is 12.2. The maximum absolute atomic E-state index is 13.5. The van der Waals surface area contributed by atoms with Crippen LogP contribution in [0.25, 0.3) is 22.1 Å². The van der Waals surface area contributed by atoms with Crippen LogP contribution in [0.2, 0.25) is 0 Å². The van der Waals surface area contributed by atoms with Crippen molar-refractivity contribution >= 4 is 33.8 Å². The Morgan fingerprint density at radius 1 is 1.06 bits per heavy atom. The van der Waals surface area contributed by atoms with Gasteiger partial charge in [0, 0.05) is 29.5 Å². The van der Waals surface area contributed by atoms with Crippen molar-refractivity contribution in [1.82, 2.24) is 24.5 Å². The zero-order valence-electron chi connectivity index (χ0n) is 17.8. The number of carbonyl (C=O) groups is 1. The van der Waals surface area contributed by atoms with E-state index < -0.39 is 11.9 Å². The fourth-order valence-electron chi connectivity index (χ4n) is 4.04. The average Bonchev–Trinajstić information content (AvgIpc) is 3.15. The predicted octanol–water partition coefficient (Wildman–Crippen LogP) is 2.69. The standard InChI is InChI=1S/C24H21N7O2/c1-14(28-23(32)20-21(26)29-30-12-6-11-27-22(20)30)18-13-15-7-5-10-17(25)19(15)24(33)31(18)16-8-3-2-4-9-16/h2-14H,25H2,1H3,(H2,26,29)(H,28,32)/t14-/m1/s1. The lowest BCUT2D eigenvalue weighted by Gasteiger charge is -2.21. The number of nitrogens with two attached hydrogens (primary N) is 2. The molecule has 0 radical (unpaired) electrons. The van der Waals surface area contributed by atoms with E-state index in [9.17, 15) is 9.59 Å². The minimum absolute atomic E-state index is 0.0742. The van der Waals surface area contributed by atoms with E-state index in [4.69, 9.17) is 11.5 Å². The van der Waals surface area contributed by atoms with Gasteiger partial charge in [0.1, 0.15) is 5.56 Å². The molecule has 0 aliphatic rings. The van der Waals surface area contributed by atoms with E-state index in [2.05, 4.69) is 15.4 Å². The first-order valence-corrected chi connectivity index (χ1v) is 10.3. The summed E-state index contributed by atoms with van der Waals surface area (Å²) in [4.78, 5) is 31.0. The predicted molar refractivity (Wildman–Crippen MR) is 127 cm³/mol. The van der Waals surface area contributed by atoms with Gasteiger partial charge in [-0.15, -0.1) is 5.10 Å². The number of nitrogens with zero attached hydrogens (tertiary/aromatic N) is 4. The number of nitrogen functional groups attached to an aromatic ring is 2. The molecule has 0 spiro atoms. The van der Waals surface area contributed by atoms with Crippen molar-refractivity contribution in [3.8, 4) is 5.69 Å². The van der Waals surface area contributed by atoms with Gasteiger partial charge in [0.15, 0.2) is 11.5 Å². The summed E-state index contributed by atoms with van der Waals surface area (Å²) in [5, 5.41) is 8.22. The van der Waals surface area contributed by atoms with E-state index in [1.807, 2.05) is 42.5 Å². The first-order chi connectivity index (χ1) is 16.0. The monoisotopic (exact) mass is 439 g/mol. The molecule has 0 aliphatic carbocycles. The maximum Gasteiger partial charge on any atom is 0.265 e. The number of aromatic nitrogens is 4. The van der Waals surface area contributed by atoms with Crippen LogP contribution in [-0.4, -0.2) is 25.1 Å². The van der Waals surface area contributed by atoms with Crippen LogP contribution in [0.1, 0.15) is 29.0 Å². The zero-order chi connectivity index (χ0) is 23.1. The van der Waals surface area contributed by atoms with Crippen molar-refractivity contribution in [1.29, 1.82) is 0 Å². The van der Waals surface area contributed by atoms with Crippen LogP contribution in [-0.2, 0) is 0 Å². The zero-order valence-corrected chi connectivity index (χ0v) is 17.8. The van der Waals surface area contributed by atoms with Gasteiger partial charge in [-0.05, 0) is 42.6 Å². The van der Waals surface area contributed by atoms with Gasteiger partial charge in [-0.1, -0.05) is 30.3 Å². The fraction of sp³-hybridized carbons (Fsp3) is 0.0833. The van der Waals surface area contributed by atoms with Gasteiger partial charge >= 0.3 is 0 Å². The number of benzene rings is 2. The highest BCUT2D eigenvalue weighted by atomic mass is 16.2. The molecule has 0 saturated carbocycles. The van der Waals surface area contributed by atoms with Gasteiger partial charge < -0.3 is 16.8 Å². The molecule has 5 aromatic rings. The number of rotatable bonds is 4. The summed E-state index contributed by atoms with van der Waals surface area (Å²) in [5.41, 5.74) is 14.1. The third kappa shape index (κ3) is 3.35. The SMILES string of the molecule is C[C@@H](NC(=O)c1c(N)nn2cccnc12)c1cc2cccc(N)c2c(=O)n1-c1ccccc1. The second kappa shape index (κ2) is 7.79. The largest absolute Gasteiger partial charge is 0.398 e. The van der Waals surface area contributed by atoms with E-state index >= 15 is 0 Å². The Morgan fingerprint density at radius 2 is 1.85 bits per heavy atom. The van der Waals surface area contributed by atoms with Crippen molar-refractivity contribution in [2.75, 3.05) is 11.5 Å². The highest BCUT2D eigenvalue weighted by Gasteiger charge is 2.23. The molecule has 5 N–H and O–H groups in total. The second-order valence-corrected chi connectivity index (χ2v) is 7.70. The molecule has 2 aromatic carbocycles. The Hall–Kier alpha value is -4.66. The number of hydrogen-bond acceptors (Lipinski definition) is 6. The third-order valence-corrected chi connectivity index (χ3v) is 5.56. The molecular formula is C24H21N7O2. The highest BCUT2D eigenvalue weighted by molar-refractivity contribution is 6.04. The lowest BCUT2D eigenvalue weighted by Crippen LogP contribution is -2.32. The smallest absolute Gasteiger partial charge is 0.265 e. The van der Waals surface area contributed by atoms with Crippen molar-refractivity contribution < 1.29 is 4.79 Å². The number of para-hydroxylation sites is 1. The molecule has 0 unspecified atom stereocenters. The topological polar surface area (TPSA) is 133 Å². The lowest BCUT2D eigenvalue weighted by atomic mass is 10.1. The Kier molecular flexibility index (Phi) is 4.78. The number of amides is 1. The fourth-order valence-corrected chi connectivity index (χ4v) is 4.04. The molecule has 0 bridgehead atoms. The van der Waals surface area contributed by atoms with E-state index in [0.29, 0.717) is 33.5 Å². The second-order valence-electron chi connectivity index (χ2n) is 7.70. The molecule has 0 aliphatic heterocycles. The van der Waals surface area contributed by atoms with Gasteiger partial charge in [-0.25, -0.2) is 9.50 Å². The van der Waals surface area contributed by atoms with Crippen LogP contribution in [0, 0.1) is 0 Å². The van der Waals surface area contributed by atoms with Crippen molar-refractivity contribution in [2.45, 2.75) is 13.0 Å². The Labute approximate surface area is 188 Å². The first-order valence-electron chi connectivity index (χ1n) is 10.3. The van der Waals surface area contributed by atoms with E-state index in [1.165, 1.54) is 4.52 Å². The molecule has 1 atom stereocenters. The highest BCUT2D eigenvalue weighted by Crippen LogP contribution is 2.25. The molecule has 0 fully saturated rings. The van der Waals surface area contributed by atoms with Gasteiger partial charge in [0.2, 0.25) is 0 Å². The van der Waals surface area contributed by atoms with Crippen molar-refractivity contribution in [3.63, 3.8) is 0 Å². The minimum Gasteiger partial charge on any atom is -0.398 e. The van der Waals surface area contributed by atoms with E-state index in [0.717, 1.165) is 0 Å². The van der Waals surface area contributed by atoms with Gasteiger partial charge in [-0.3, -0.25) is 14.2 Å². The summed E-state index contributed by atoms with van der Waals surface area (Å²) in [7, 11) is 0. The van der Waals surface area contributed by atoms with Gasteiger partial charge in [0.25, 0.3) is 11.5 Å². The average molecular weight is 439 g/mol. The molecule has 3 aromatic heterocycles. The Bertz CT molecular complexity index is 1570. The summed E-state index contributed by atoms with van der Waals surface area (Å²) >= 11 is 0. The number of carbonyl (C=O) groups excluding carboxylic acids is 1. The molecule has 5 rings (SSSR count). The van der Waals surface area contributed by atoms with Gasteiger partial charge in [-0.2, -0.15) is 0 Å². The number of anilines is 2.